The van der Waals surface area contributed by atoms with Crippen LogP contribution in [-0.2, 0) is 16.1 Å². The molecule has 0 unspecified atom stereocenters. The quantitative estimate of drug-likeness (QED) is 0.486. The van der Waals surface area contributed by atoms with Gasteiger partial charge in [0.2, 0.25) is 11.8 Å². The minimum absolute atomic E-state index is 0.00983. The lowest BCUT2D eigenvalue weighted by atomic mass is 10.0. The molecule has 35 heavy (non-hydrogen) atoms. The van der Waals surface area contributed by atoms with E-state index in [9.17, 15) is 18.8 Å². The summed E-state index contributed by atoms with van der Waals surface area (Å²) in [6.45, 7) is -0.266. The van der Waals surface area contributed by atoms with Gasteiger partial charge in [0.05, 0.1) is 17.1 Å². The van der Waals surface area contributed by atoms with Crippen LogP contribution in [0.3, 0.4) is 0 Å². The molecule has 1 saturated carbocycles. The number of H-pyrrole nitrogens is 1. The first-order chi connectivity index (χ1) is 16.9. The zero-order valence-corrected chi connectivity index (χ0v) is 19.6. The molecule has 1 aliphatic heterocycles. The van der Waals surface area contributed by atoms with Gasteiger partial charge in [-0.05, 0) is 37.3 Å². The van der Waals surface area contributed by atoms with Crippen molar-refractivity contribution in [2.45, 2.75) is 44.3 Å². The number of aromatic nitrogens is 2. The molecule has 3 N–H and O–H groups in total. The van der Waals surface area contributed by atoms with Crippen molar-refractivity contribution in [2.24, 2.45) is 5.92 Å². The molecule has 2 aromatic carbocycles. The van der Waals surface area contributed by atoms with Crippen molar-refractivity contribution in [3.05, 3.63) is 64.6 Å². The molecule has 5 rings (SSSR count). The van der Waals surface area contributed by atoms with Crippen molar-refractivity contribution < 1.29 is 18.8 Å². The third kappa shape index (κ3) is 4.48. The van der Waals surface area contributed by atoms with Crippen LogP contribution < -0.4 is 10.6 Å². The fourth-order valence-electron chi connectivity index (χ4n) is 5.33. The van der Waals surface area contributed by atoms with E-state index in [2.05, 4.69) is 20.8 Å². The van der Waals surface area contributed by atoms with E-state index in [1.807, 2.05) is 18.2 Å². The molecule has 3 atom stereocenters. The Labute approximate surface area is 206 Å². The Morgan fingerprint density at radius 3 is 2.80 bits per heavy atom. The van der Waals surface area contributed by atoms with Gasteiger partial charge in [0.1, 0.15) is 11.9 Å². The number of nitrogens with one attached hydrogen (secondary N) is 3. The SMILES string of the molecule is O=C(NCC(=O)N1[C@H](C(=O)NCc2cccc(Cl)c2F)C[C@@H]2CCC[C@@H]21)c1n[nH]c2ccccc12. The van der Waals surface area contributed by atoms with Crippen LogP contribution in [0.15, 0.2) is 42.5 Å². The molecule has 10 heteroatoms. The number of likely N-dealkylation sites (tertiary alicyclic amines) is 1. The third-order valence-corrected chi connectivity index (χ3v) is 7.29. The van der Waals surface area contributed by atoms with E-state index in [4.69, 9.17) is 11.6 Å². The maximum absolute atomic E-state index is 14.2. The Bertz CT molecular complexity index is 1300. The van der Waals surface area contributed by atoms with E-state index < -0.39 is 17.8 Å². The zero-order chi connectivity index (χ0) is 24.5. The summed E-state index contributed by atoms with van der Waals surface area (Å²) in [4.78, 5) is 40.6. The number of hydrogen-bond donors (Lipinski definition) is 3. The summed E-state index contributed by atoms with van der Waals surface area (Å²) in [5, 5.41) is 12.9. The Kier molecular flexibility index (Phi) is 6.42. The molecule has 3 amide bonds. The van der Waals surface area contributed by atoms with Crippen LogP contribution in [0.1, 0.15) is 41.7 Å². The number of amides is 3. The van der Waals surface area contributed by atoms with Gasteiger partial charge in [-0.15, -0.1) is 0 Å². The van der Waals surface area contributed by atoms with E-state index in [1.54, 1.807) is 23.1 Å². The molecule has 2 fully saturated rings. The second-order valence-electron chi connectivity index (χ2n) is 9.04. The van der Waals surface area contributed by atoms with Gasteiger partial charge in [0.25, 0.3) is 5.91 Å². The largest absolute Gasteiger partial charge is 0.350 e. The molecule has 1 aliphatic carbocycles. The smallest absolute Gasteiger partial charge is 0.272 e. The highest BCUT2D eigenvalue weighted by molar-refractivity contribution is 6.30. The Hall–Kier alpha value is -3.46. The highest BCUT2D eigenvalue weighted by Gasteiger charge is 2.48. The molecule has 8 nitrogen and oxygen atoms in total. The van der Waals surface area contributed by atoms with Crippen LogP contribution in [0.4, 0.5) is 4.39 Å². The van der Waals surface area contributed by atoms with Crippen molar-refractivity contribution in [2.75, 3.05) is 6.54 Å². The van der Waals surface area contributed by atoms with Crippen molar-refractivity contribution in [1.82, 2.24) is 25.7 Å². The van der Waals surface area contributed by atoms with E-state index >= 15 is 0 Å². The van der Waals surface area contributed by atoms with E-state index in [1.165, 1.54) is 6.07 Å². The predicted octanol–water partition coefficient (Wildman–Crippen LogP) is 3.17. The predicted molar refractivity (Wildman–Crippen MR) is 128 cm³/mol. The summed E-state index contributed by atoms with van der Waals surface area (Å²) in [5.41, 5.74) is 1.22. The number of hydrogen-bond acceptors (Lipinski definition) is 4. The van der Waals surface area contributed by atoms with Crippen molar-refractivity contribution in [3.8, 4) is 0 Å². The van der Waals surface area contributed by atoms with E-state index in [0.717, 1.165) is 24.8 Å². The summed E-state index contributed by atoms with van der Waals surface area (Å²) in [6, 6.07) is 11.2. The number of benzene rings is 2. The van der Waals surface area contributed by atoms with Gasteiger partial charge in [-0.2, -0.15) is 5.10 Å². The minimum Gasteiger partial charge on any atom is -0.350 e. The van der Waals surface area contributed by atoms with Crippen molar-refractivity contribution >= 4 is 40.2 Å². The normalized spacial score (nSPS) is 21.2. The third-order valence-electron chi connectivity index (χ3n) is 7.00. The first-order valence-electron chi connectivity index (χ1n) is 11.7. The second kappa shape index (κ2) is 9.65. The van der Waals surface area contributed by atoms with Gasteiger partial charge < -0.3 is 15.5 Å². The fourth-order valence-corrected chi connectivity index (χ4v) is 5.53. The van der Waals surface area contributed by atoms with Gasteiger partial charge >= 0.3 is 0 Å². The first-order valence-corrected chi connectivity index (χ1v) is 12.0. The standard InChI is InChI=1S/C25H25ClFN5O3/c26-17-8-3-6-15(22(17)27)12-28-24(34)20-11-14-5-4-10-19(14)32(20)21(33)13-29-25(35)23-16-7-1-2-9-18(16)30-31-23/h1-3,6-9,14,19-20H,4-5,10-13H2,(H,28,34)(H,29,35)(H,30,31)/t14-,19-,20-/m0/s1. The maximum atomic E-state index is 14.2. The van der Waals surface area contributed by atoms with E-state index in [-0.39, 0.29) is 53.1 Å². The van der Waals surface area contributed by atoms with Crippen molar-refractivity contribution in [1.29, 1.82) is 0 Å². The average molecular weight is 498 g/mol. The second-order valence-corrected chi connectivity index (χ2v) is 9.45. The molecule has 3 aromatic rings. The highest BCUT2D eigenvalue weighted by Crippen LogP contribution is 2.41. The molecule has 2 heterocycles. The number of fused-ring (bicyclic) bond motifs is 2. The zero-order valence-electron chi connectivity index (χ0n) is 18.9. The van der Waals surface area contributed by atoms with Gasteiger partial charge in [0, 0.05) is 23.5 Å². The van der Waals surface area contributed by atoms with Crippen molar-refractivity contribution in [3.63, 3.8) is 0 Å². The van der Waals surface area contributed by atoms with Crippen LogP contribution in [0.2, 0.25) is 5.02 Å². The number of halogens is 2. The summed E-state index contributed by atoms with van der Waals surface area (Å²) >= 11 is 5.83. The molecule has 0 spiro atoms. The summed E-state index contributed by atoms with van der Waals surface area (Å²) in [5.74, 6) is -1.45. The Balaban J connectivity index is 1.26. The molecule has 1 saturated heterocycles. The summed E-state index contributed by atoms with van der Waals surface area (Å²) in [6.07, 6.45) is 3.32. The lowest BCUT2D eigenvalue weighted by molar-refractivity contribution is -0.139. The van der Waals surface area contributed by atoms with Gasteiger partial charge in [-0.1, -0.05) is 48.4 Å². The van der Waals surface area contributed by atoms with Gasteiger partial charge in [-0.3, -0.25) is 19.5 Å². The van der Waals surface area contributed by atoms with E-state index in [0.29, 0.717) is 11.8 Å². The maximum Gasteiger partial charge on any atom is 0.272 e. The first kappa shape index (κ1) is 23.3. The molecule has 2 aliphatic rings. The molecular weight excluding hydrogens is 473 g/mol. The topological polar surface area (TPSA) is 107 Å². The van der Waals surface area contributed by atoms with Crippen LogP contribution in [0.25, 0.3) is 10.9 Å². The Morgan fingerprint density at radius 1 is 1.11 bits per heavy atom. The summed E-state index contributed by atoms with van der Waals surface area (Å²) in [7, 11) is 0. The number of rotatable bonds is 6. The van der Waals surface area contributed by atoms with Gasteiger partial charge in [-0.25, -0.2) is 4.39 Å². The molecular formula is C25H25ClFN5O3. The average Bonchev–Trinajstić information content (AvgIpc) is 3.57. The highest BCUT2D eigenvalue weighted by atomic mass is 35.5. The molecule has 0 radical (unpaired) electrons. The number of nitrogens with zero attached hydrogens (tertiary/aromatic N) is 2. The monoisotopic (exact) mass is 497 g/mol. The molecule has 0 bridgehead atoms. The minimum atomic E-state index is -0.664. The summed E-state index contributed by atoms with van der Waals surface area (Å²) < 4.78 is 14.2. The molecule has 1 aromatic heterocycles. The Morgan fingerprint density at radius 2 is 1.94 bits per heavy atom. The lowest BCUT2D eigenvalue weighted by Crippen LogP contribution is -2.51. The lowest BCUT2D eigenvalue weighted by Gasteiger charge is -2.29. The van der Waals surface area contributed by atoms with Crippen LogP contribution in [0, 0.1) is 11.7 Å². The fraction of sp³-hybridized carbons (Fsp3) is 0.360. The number of carbonyl (C=O) groups excluding carboxylic acids is 3. The number of carbonyl (C=O) groups is 3. The van der Waals surface area contributed by atoms with Gasteiger partial charge in [0.15, 0.2) is 5.69 Å². The van der Waals surface area contributed by atoms with Crippen LogP contribution >= 0.6 is 11.6 Å². The van der Waals surface area contributed by atoms with Crippen LogP contribution in [0.5, 0.6) is 0 Å². The number of para-hydroxylation sites is 1. The number of aromatic amines is 1. The molecule has 182 valence electrons. The van der Waals surface area contributed by atoms with Crippen LogP contribution in [-0.4, -0.2) is 51.4 Å².